The van der Waals surface area contributed by atoms with E-state index in [-0.39, 0.29) is 28.9 Å². The molecule has 5 rings (SSSR count). The van der Waals surface area contributed by atoms with Gasteiger partial charge in [0.2, 0.25) is 26.0 Å². The number of hydrogen-bond donors (Lipinski definition) is 1. The van der Waals surface area contributed by atoms with Crippen molar-refractivity contribution in [1.29, 1.82) is 0 Å². The van der Waals surface area contributed by atoms with Crippen LogP contribution in [0, 0.1) is 0 Å². The average molecular weight is 440 g/mol. The first kappa shape index (κ1) is 19.5. The van der Waals surface area contributed by atoms with Crippen molar-refractivity contribution in [1.82, 2.24) is 9.03 Å². The fourth-order valence-corrected chi connectivity index (χ4v) is 8.47. The Morgan fingerprint density at radius 1 is 0.966 bits per heavy atom. The molecule has 4 aliphatic heterocycles. The highest BCUT2D eigenvalue weighted by atomic mass is 32.2. The van der Waals surface area contributed by atoms with Crippen LogP contribution in [-0.2, 0) is 37.7 Å². The molecule has 2 bridgehead atoms. The molecular weight excluding hydrogens is 414 g/mol. The molecule has 0 radical (unpaired) electrons. The molecule has 2 saturated heterocycles. The van der Waals surface area contributed by atoms with Crippen LogP contribution in [0.2, 0.25) is 0 Å². The van der Waals surface area contributed by atoms with E-state index in [1.807, 2.05) is 0 Å². The average Bonchev–Trinajstić information content (AvgIpc) is 3.18. The van der Waals surface area contributed by atoms with Gasteiger partial charge in [0.25, 0.3) is 0 Å². The Balaban J connectivity index is 1.39. The fraction of sp³-hybridized carbons (Fsp3) is 0.632. The van der Waals surface area contributed by atoms with Gasteiger partial charge in [-0.3, -0.25) is 4.79 Å². The minimum Gasteiger partial charge on any atom is -0.312 e. The second-order valence-corrected chi connectivity index (χ2v) is 12.3. The van der Waals surface area contributed by atoms with Crippen molar-refractivity contribution in [2.24, 2.45) is 0 Å². The Bertz CT molecular complexity index is 1090. The van der Waals surface area contributed by atoms with E-state index < -0.39 is 20.0 Å². The first-order valence-corrected chi connectivity index (χ1v) is 13.4. The lowest BCUT2D eigenvalue weighted by molar-refractivity contribution is -0.118. The molecular formula is C19H25N3O5S2. The summed E-state index contributed by atoms with van der Waals surface area (Å²) in [5.41, 5.74) is 2.74. The van der Waals surface area contributed by atoms with E-state index in [0.29, 0.717) is 38.6 Å². The predicted octanol–water partition coefficient (Wildman–Crippen LogP) is 0.755. The number of nitrogens with zero attached hydrogens (tertiary/aromatic N) is 2. The molecule has 1 aromatic rings. The van der Waals surface area contributed by atoms with E-state index in [0.717, 1.165) is 29.7 Å². The van der Waals surface area contributed by atoms with E-state index >= 15 is 0 Å². The number of sulfonamides is 2. The molecule has 1 N–H and O–H groups in total. The quantitative estimate of drug-likeness (QED) is 0.746. The van der Waals surface area contributed by atoms with E-state index in [1.165, 1.54) is 6.26 Å². The first-order valence-electron chi connectivity index (χ1n) is 10.1. The van der Waals surface area contributed by atoms with Gasteiger partial charge in [-0.05, 0) is 61.8 Å². The van der Waals surface area contributed by atoms with Gasteiger partial charge in [0, 0.05) is 31.1 Å². The Kier molecular flexibility index (Phi) is 4.37. The summed E-state index contributed by atoms with van der Waals surface area (Å²) in [6.45, 7) is 0.616. The maximum atomic E-state index is 13.1. The number of carbonyl (C=O) groups excluding carboxylic acids is 1. The van der Waals surface area contributed by atoms with Crippen molar-refractivity contribution in [2.45, 2.75) is 68.0 Å². The van der Waals surface area contributed by atoms with Crippen molar-refractivity contribution in [3.8, 4) is 0 Å². The van der Waals surface area contributed by atoms with Crippen molar-refractivity contribution in [3.05, 3.63) is 23.3 Å². The summed E-state index contributed by atoms with van der Waals surface area (Å²) in [4.78, 5) is 14.1. The zero-order chi connectivity index (χ0) is 20.6. The van der Waals surface area contributed by atoms with Crippen LogP contribution in [0.5, 0.6) is 0 Å². The number of carbonyl (C=O) groups is 1. The summed E-state index contributed by atoms with van der Waals surface area (Å²) >= 11 is 0. The second-order valence-electron chi connectivity index (χ2n) is 8.65. The van der Waals surface area contributed by atoms with Crippen LogP contribution in [0.15, 0.2) is 17.0 Å². The molecule has 0 aromatic heterocycles. The summed E-state index contributed by atoms with van der Waals surface area (Å²) in [6.07, 6.45) is 5.45. The van der Waals surface area contributed by atoms with Gasteiger partial charge >= 0.3 is 0 Å². The second kappa shape index (κ2) is 6.50. The molecule has 1 aromatic carbocycles. The van der Waals surface area contributed by atoms with Crippen molar-refractivity contribution < 1.29 is 21.6 Å². The summed E-state index contributed by atoms with van der Waals surface area (Å²) in [7, 11) is -6.99. The van der Waals surface area contributed by atoms with Crippen LogP contribution in [0.3, 0.4) is 0 Å². The molecule has 158 valence electrons. The number of nitrogens with one attached hydrogen (secondary N) is 1. The highest BCUT2D eigenvalue weighted by molar-refractivity contribution is 7.89. The predicted molar refractivity (Wildman–Crippen MR) is 108 cm³/mol. The Labute approximate surface area is 171 Å². The number of piperidine rings is 1. The summed E-state index contributed by atoms with van der Waals surface area (Å²) < 4.78 is 54.8. The van der Waals surface area contributed by atoms with Gasteiger partial charge < -0.3 is 4.90 Å². The largest absolute Gasteiger partial charge is 0.312 e. The van der Waals surface area contributed by atoms with E-state index in [4.69, 9.17) is 0 Å². The minimum absolute atomic E-state index is 0.109. The SMILES string of the molecule is CS(=O)(=O)N1C2CCC1CC(NS(=O)(=O)c1cc3c4c(c1)CCN4C(=O)CC3)C2. The lowest BCUT2D eigenvalue weighted by atomic mass is 10.00. The number of benzene rings is 1. The third kappa shape index (κ3) is 3.20. The van der Waals surface area contributed by atoms with Gasteiger partial charge in [0.15, 0.2) is 0 Å². The van der Waals surface area contributed by atoms with Gasteiger partial charge in [-0.1, -0.05) is 0 Å². The van der Waals surface area contributed by atoms with Gasteiger partial charge in [0.1, 0.15) is 0 Å². The molecule has 4 heterocycles. The van der Waals surface area contributed by atoms with Crippen molar-refractivity contribution in [2.75, 3.05) is 17.7 Å². The zero-order valence-corrected chi connectivity index (χ0v) is 17.9. The first-order chi connectivity index (χ1) is 13.6. The Morgan fingerprint density at radius 3 is 2.21 bits per heavy atom. The molecule has 2 unspecified atom stereocenters. The number of rotatable bonds is 4. The molecule has 4 aliphatic rings. The van der Waals surface area contributed by atoms with Crippen LogP contribution in [0.1, 0.15) is 43.2 Å². The van der Waals surface area contributed by atoms with Gasteiger partial charge in [-0.15, -0.1) is 0 Å². The van der Waals surface area contributed by atoms with E-state index in [1.54, 1.807) is 21.3 Å². The maximum Gasteiger partial charge on any atom is 0.240 e. The molecule has 0 aliphatic carbocycles. The van der Waals surface area contributed by atoms with Crippen LogP contribution in [0.4, 0.5) is 5.69 Å². The maximum absolute atomic E-state index is 13.1. The summed E-state index contributed by atoms with van der Waals surface area (Å²) in [5, 5.41) is 0. The molecule has 10 heteroatoms. The van der Waals surface area contributed by atoms with E-state index in [2.05, 4.69) is 4.72 Å². The topological polar surface area (TPSA) is 104 Å². The lowest BCUT2D eigenvalue weighted by Gasteiger charge is -2.37. The smallest absolute Gasteiger partial charge is 0.240 e. The summed E-state index contributed by atoms with van der Waals surface area (Å²) in [6, 6.07) is 2.87. The summed E-state index contributed by atoms with van der Waals surface area (Å²) in [5.74, 6) is 0.109. The Hall–Kier alpha value is -1.49. The molecule has 2 atom stereocenters. The molecule has 0 spiro atoms. The molecule has 8 nitrogen and oxygen atoms in total. The van der Waals surface area contributed by atoms with Crippen molar-refractivity contribution in [3.63, 3.8) is 0 Å². The number of amides is 1. The molecule has 29 heavy (non-hydrogen) atoms. The highest BCUT2D eigenvalue weighted by Crippen LogP contribution is 2.40. The number of fused-ring (bicyclic) bond motifs is 2. The van der Waals surface area contributed by atoms with Crippen LogP contribution < -0.4 is 9.62 Å². The van der Waals surface area contributed by atoms with Gasteiger partial charge in [-0.2, -0.15) is 4.31 Å². The van der Waals surface area contributed by atoms with E-state index in [9.17, 15) is 21.6 Å². The van der Waals surface area contributed by atoms with Crippen LogP contribution in [-0.4, -0.2) is 58.0 Å². The monoisotopic (exact) mass is 439 g/mol. The molecule has 0 saturated carbocycles. The van der Waals surface area contributed by atoms with Crippen LogP contribution >= 0.6 is 0 Å². The number of anilines is 1. The zero-order valence-electron chi connectivity index (χ0n) is 16.3. The highest BCUT2D eigenvalue weighted by Gasteiger charge is 2.46. The van der Waals surface area contributed by atoms with Gasteiger partial charge in [-0.25, -0.2) is 21.6 Å². The molecule has 1 amide bonds. The third-order valence-electron chi connectivity index (χ3n) is 6.71. The molecule has 2 fully saturated rings. The number of hydrogen-bond acceptors (Lipinski definition) is 5. The minimum atomic E-state index is -3.71. The standard InChI is InChI=1S/C19H25N3O5S2/c1-28(24,25)22-15-3-4-16(22)11-14(10-15)20-29(26,27)17-8-12-2-5-18(23)21-7-6-13(9-17)19(12)21/h8-9,14-16,20H,2-7,10-11H2,1H3. The lowest BCUT2D eigenvalue weighted by Crippen LogP contribution is -2.52. The Morgan fingerprint density at radius 2 is 1.59 bits per heavy atom. The van der Waals surface area contributed by atoms with Crippen molar-refractivity contribution >= 4 is 31.6 Å². The number of aryl methyl sites for hydroxylation is 1. The normalized spacial score (nSPS) is 29.3. The van der Waals surface area contributed by atoms with Crippen LogP contribution in [0.25, 0.3) is 0 Å². The third-order valence-corrected chi connectivity index (χ3v) is 9.57. The fourth-order valence-electron chi connectivity index (χ4n) is 5.64. The van der Waals surface area contributed by atoms with Gasteiger partial charge in [0.05, 0.1) is 16.8 Å².